The van der Waals surface area contributed by atoms with Crippen LogP contribution >= 0.6 is 0 Å². The fourth-order valence-corrected chi connectivity index (χ4v) is 1.66. The zero-order chi connectivity index (χ0) is 13.8. The van der Waals surface area contributed by atoms with Crippen molar-refractivity contribution in [3.63, 3.8) is 0 Å². The van der Waals surface area contributed by atoms with Crippen molar-refractivity contribution in [3.05, 3.63) is 29.3 Å². The fraction of sp³-hybridized carbons (Fsp3) is 0.571. The Morgan fingerprint density at radius 3 is 2.39 bits per heavy atom. The van der Waals surface area contributed by atoms with Gasteiger partial charge in [0.15, 0.2) is 11.6 Å². The van der Waals surface area contributed by atoms with E-state index in [4.69, 9.17) is 4.74 Å². The molecule has 0 spiro atoms. The summed E-state index contributed by atoms with van der Waals surface area (Å²) < 4.78 is 31.8. The molecule has 0 radical (unpaired) electrons. The van der Waals surface area contributed by atoms with E-state index < -0.39 is 11.6 Å². The largest absolute Gasteiger partial charge is 0.494 e. The quantitative estimate of drug-likeness (QED) is 0.817. The monoisotopic (exact) mass is 257 g/mol. The van der Waals surface area contributed by atoms with Gasteiger partial charge in [0.1, 0.15) is 5.82 Å². The summed E-state index contributed by atoms with van der Waals surface area (Å²) in [4.78, 5) is 0. The lowest BCUT2D eigenvalue weighted by molar-refractivity contribution is 0.381. The van der Waals surface area contributed by atoms with Crippen molar-refractivity contribution in [3.8, 4) is 5.75 Å². The summed E-state index contributed by atoms with van der Waals surface area (Å²) in [6.07, 6.45) is 1.27. The van der Waals surface area contributed by atoms with Crippen LogP contribution in [-0.4, -0.2) is 19.2 Å². The molecule has 1 rings (SSSR count). The minimum absolute atomic E-state index is 0.0453. The molecule has 0 fully saturated rings. The topological polar surface area (TPSA) is 21.3 Å². The van der Waals surface area contributed by atoms with Crippen molar-refractivity contribution in [1.82, 2.24) is 5.32 Å². The molecule has 2 nitrogen and oxygen atoms in total. The highest BCUT2D eigenvalue weighted by Crippen LogP contribution is 2.22. The van der Waals surface area contributed by atoms with Gasteiger partial charge >= 0.3 is 0 Å². The molecule has 0 aliphatic carbocycles. The van der Waals surface area contributed by atoms with Gasteiger partial charge in [0.25, 0.3) is 0 Å². The van der Waals surface area contributed by atoms with Crippen LogP contribution in [0.3, 0.4) is 0 Å². The molecule has 0 unspecified atom stereocenters. The normalized spacial score (nSPS) is 11.7. The molecule has 1 aromatic carbocycles. The Kier molecular flexibility index (Phi) is 5.08. The van der Waals surface area contributed by atoms with Gasteiger partial charge in [-0.25, -0.2) is 8.78 Å². The Hall–Kier alpha value is -1.16. The summed E-state index contributed by atoms with van der Waals surface area (Å²) in [6, 6.07) is 2.31. The lowest BCUT2D eigenvalue weighted by Gasteiger charge is -2.20. The van der Waals surface area contributed by atoms with Crippen molar-refractivity contribution in [2.75, 3.05) is 13.7 Å². The number of ether oxygens (including phenoxy) is 1. The van der Waals surface area contributed by atoms with Crippen LogP contribution < -0.4 is 10.1 Å². The third-order valence-corrected chi connectivity index (χ3v) is 2.60. The van der Waals surface area contributed by atoms with E-state index in [9.17, 15) is 8.78 Å². The van der Waals surface area contributed by atoms with Gasteiger partial charge in [-0.3, -0.25) is 0 Å². The van der Waals surface area contributed by atoms with E-state index in [0.29, 0.717) is 12.0 Å². The van der Waals surface area contributed by atoms with Crippen LogP contribution in [-0.2, 0) is 6.42 Å². The van der Waals surface area contributed by atoms with Gasteiger partial charge in [-0.05, 0) is 51.8 Å². The first kappa shape index (κ1) is 14.9. The van der Waals surface area contributed by atoms with E-state index in [0.717, 1.165) is 19.0 Å². The first-order chi connectivity index (χ1) is 8.33. The number of methoxy groups -OCH3 is 1. The lowest BCUT2D eigenvalue weighted by atomic mass is 10.1. The van der Waals surface area contributed by atoms with Crippen molar-refractivity contribution in [1.29, 1.82) is 0 Å². The van der Waals surface area contributed by atoms with E-state index in [2.05, 4.69) is 26.1 Å². The minimum Gasteiger partial charge on any atom is -0.494 e. The Morgan fingerprint density at radius 2 is 1.83 bits per heavy atom. The predicted molar refractivity (Wildman–Crippen MR) is 69.0 cm³/mol. The minimum atomic E-state index is -0.516. The maximum Gasteiger partial charge on any atom is 0.165 e. The second-order valence-corrected chi connectivity index (χ2v) is 5.36. The number of halogens is 2. The first-order valence-corrected chi connectivity index (χ1v) is 6.10. The van der Waals surface area contributed by atoms with Gasteiger partial charge in [0, 0.05) is 11.6 Å². The van der Waals surface area contributed by atoms with E-state index in [1.807, 2.05) is 0 Å². The van der Waals surface area contributed by atoms with Crippen LogP contribution in [0.1, 0.15) is 32.8 Å². The van der Waals surface area contributed by atoms with Crippen LogP contribution in [0.4, 0.5) is 8.78 Å². The summed E-state index contributed by atoms with van der Waals surface area (Å²) in [6.45, 7) is 6.98. The van der Waals surface area contributed by atoms with E-state index >= 15 is 0 Å². The molecule has 0 aliphatic heterocycles. The Bertz CT molecular complexity index is 400. The van der Waals surface area contributed by atoms with Gasteiger partial charge in [-0.1, -0.05) is 0 Å². The van der Waals surface area contributed by atoms with Gasteiger partial charge in [0.05, 0.1) is 7.11 Å². The molecule has 1 aromatic rings. The number of hydrogen-bond donors (Lipinski definition) is 1. The zero-order valence-electron chi connectivity index (χ0n) is 11.4. The van der Waals surface area contributed by atoms with Gasteiger partial charge in [-0.15, -0.1) is 0 Å². The summed E-state index contributed by atoms with van der Waals surface area (Å²) in [5.74, 6) is -0.981. The second-order valence-electron chi connectivity index (χ2n) is 5.36. The van der Waals surface area contributed by atoms with Crippen molar-refractivity contribution in [2.45, 2.75) is 39.2 Å². The second kappa shape index (κ2) is 6.14. The zero-order valence-corrected chi connectivity index (χ0v) is 11.4. The highest BCUT2D eigenvalue weighted by atomic mass is 19.1. The molecular formula is C14H21F2NO. The van der Waals surface area contributed by atoms with Crippen molar-refractivity contribution >= 4 is 0 Å². The molecule has 0 atom stereocenters. The molecule has 102 valence electrons. The van der Waals surface area contributed by atoms with Crippen molar-refractivity contribution < 1.29 is 13.5 Å². The Labute approximate surface area is 107 Å². The van der Waals surface area contributed by atoms with Crippen molar-refractivity contribution in [2.24, 2.45) is 0 Å². The highest BCUT2D eigenvalue weighted by molar-refractivity contribution is 5.30. The Morgan fingerprint density at radius 1 is 1.17 bits per heavy atom. The maximum atomic E-state index is 13.6. The molecule has 18 heavy (non-hydrogen) atoms. The molecule has 0 aromatic heterocycles. The SMILES string of the molecule is COc1cc(F)c(CCCNC(C)(C)C)cc1F. The van der Waals surface area contributed by atoms with Crippen LogP contribution in [0.5, 0.6) is 5.75 Å². The van der Waals surface area contributed by atoms with E-state index in [1.165, 1.54) is 13.2 Å². The molecular weight excluding hydrogens is 236 g/mol. The number of benzene rings is 1. The molecule has 0 saturated carbocycles. The smallest absolute Gasteiger partial charge is 0.165 e. The maximum absolute atomic E-state index is 13.6. The molecule has 0 bridgehead atoms. The first-order valence-electron chi connectivity index (χ1n) is 6.10. The lowest BCUT2D eigenvalue weighted by Crippen LogP contribution is -2.36. The molecule has 1 N–H and O–H groups in total. The number of rotatable bonds is 5. The van der Waals surface area contributed by atoms with Crippen LogP contribution in [0.25, 0.3) is 0 Å². The third kappa shape index (κ3) is 4.61. The number of nitrogens with one attached hydrogen (secondary N) is 1. The predicted octanol–water partition coefficient (Wildman–Crippen LogP) is 3.29. The highest BCUT2D eigenvalue weighted by Gasteiger charge is 2.11. The van der Waals surface area contributed by atoms with Crippen LogP contribution in [0.15, 0.2) is 12.1 Å². The van der Waals surface area contributed by atoms with E-state index in [-0.39, 0.29) is 11.3 Å². The number of hydrogen-bond acceptors (Lipinski definition) is 2. The van der Waals surface area contributed by atoms with Gasteiger partial charge in [-0.2, -0.15) is 0 Å². The standard InChI is InChI=1S/C14H21F2NO/c1-14(2,3)17-7-5-6-10-8-12(16)13(18-4)9-11(10)15/h8-9,17H,5-7H2,1-4H3. The average Bonchev–Trinajstić information content (AvgIpc) is 2.27. The average molecular weight is 257 g/mol. The summed E-state index contributed by atoms with van der Waals surface area (Å²) >= 11 is 0. The molecule has 0 aliphatic rings. The van der Waals surface area contributed by atoms with Gasteiger partial charge < -0.3 is 10.1 Å². The molecule has 0 saturated heterocycles. The van der Waals surface area contributed by atoms with Crippen LogP contribution in [0, 0.1) is 11.6 Å². The summed E-state index contributed by atoms with van der Waals surface area (Å²) in [5, 5.41) is 3.31. The third-order valence-electron chi connectivity index (χ3n) is 2.60. The van der Waals surface area contributed by atoms with E-state index in [1.54, 1.807) is 0 Å². The Balaban J connectivity index is 2.55. The van der Waals surface area contributed by atoms with Crippen LogP contribution in [0.2, 0.25) is 0 Å². The fourth-order valence-electron chi connectivity index (χ4n) is 1.66. The molecule has 0 heterocycles. The number of aryl methyl sites for hydroxylation is 1. The van der Waals surface area contributed by atoms with Gasteiger partial charge in [0.2, 0.25) is 0 Å². The summed E-state index contributed by atoms with van der Waals surface area (Å²) in [7, 11) is 1.32. The molecule has 4 heteroatoms. The summed E-state index contributed by atoms with van der Waals surface area (Å²) in [5.41, 5.74) is 0.438. The molecule has 0 amide bonds.